The molecule has 0 unspecified atom stereocenters. The van der Waals surface area contributed by atoms with E-state index >= 15 is 0 Å². The number of hydrogen-bond donors (Lipinski definition) is 1. The smallest absolute Gasteiger partial charge is 0.244 e. The number of anilines is 1. The van der Waals surface area contributed by atoms with Gasteiger partial charge in [-0.2, -0.15) is 0 Å². The molecule has 9 nitrogen and oxygen atoms in total. The third-order valence-corrected chi connectivity index (χ3v) is 9.26. The lowest BCUT2D eigenvalue weighted by molar-refractivity contribution is -0.140. The summed E-state index contributed by atoms with van der Waals surface area (Å²) in [5.74, 6) is -0.294. The molecule has 1 heterocycles. The lowest BCUT2D eigenvalue weighted by atomic mass is 10.0. The summed E-state index contributed by atoms with van der Waals surface area (Å²) in [6.07, 6.45) is 0.922. The summed E-state index contributed by atoms with van der Waals surface area (Å²) in [5, 5.41) is 3.55. The maximum Gasteiger partial charge on any atom is 0.244 e. The number of halogens is 2. The van der Waals surface area contributed by atoms with Crippen LogP contribution in [-0.4, -0.2) is 56.8 Å². The van der Waals surface area contributed by atoms with E-state index in [1.807, 2.05) is 37.3 Å². The van der Waals surface area contributed by atoms with Crippen LogP contribution in [0.3, 0.4) is 0 Å². The Morgan fingerprint density at radius 2 is 1.67 bits per heavy atom. The zero-order valence-electron chi connectivity index (χ0n) is 23.4. The number of carbonyl (C=O) groups excluding carboxylic acids is 2. The van der Waals surface area contributed by atoms with Crippen molar-refractivity contribution < 1.29 is 27.5 Å². The van der Waals surface area contributed by atoms with E-state index < -0.39 is 28.5 Å². The first-order valence-corrected chi connectivity index (χ1v) is 15.9. The summed E-state index contributed by atoms with van der Waals surface area (Å²) < 4.78 is 38.5. The van der Waals surface area contributed by atoms with Crippen LogP contribution in [0.15, 0.2) is 66.7 Å². The van der Waals surface area contributed by atoms with Gasteiger partial charge in [0.05, 0.1) is 21.5 Å². The SMILES string of the molecule is CCCNC(=O)[C@@H](Cc1ccccc1)N(Cc1ccc(Cl)c(Cl)c1)C(=O)CN(c1ccc2c(c1)OCO2)S(=O)(=O)CC. The number of sulfonamides is 1. The molecule has 0 fully saturated rings. The molecule has 42 heavy (non-hydrogen) atoms. The number of fused-ring (bicyclic) bond motifs is 1. The van der Waals surface area contributed by atoms with Gasteiger partial charge in [0.1, 0.15) is 12.6 Å². The summed E-state index contributed by atoms with van der Waals surface area (Å²) >= 11 is 12.4. The number of benzene rings is 3. The van der Waals surface area contributed by atoms with E-state index in [1.54, 1.807) is 30.3 Å². The van der Waals surface area contributed by atoms with Crippen LogP contribution in [0.5, 0.6) is 11.5 Å². The third-order valence-electron chi connectivity index (χ3n) is 6.78. The average Bonchev–Trinajstić information content (AvgIpc) is 3.46. The van der Waals surface area contributed by atoms with Gasteiger partial charge in [-0.3, -0.25) is 13.9 Å². The molecule has 0 bridgehead atoms. The molecule has 1 atom stereocenters. The lowest BCUT2D eigenvalue weighted by Crippen LogP contribution is -2.53. The Balaban J connectivity index is 1.75. The second-order valence-electron chi connectivity index (χ2n) is 9.71. The van der Waals surface area contributed by atoms with Crippen molar-refractivity contribution in [3.8, 4) is 11.5 Å². The molecule has 0 radical (unpaired) electrons. The Bertz CT molecular complexity index is 1520. The zero-order chi connectivity index (χ0) is 30.3. The maximum atomic E-state index is 14.2. The van der Waals surface area contributed by atoms with Crippen LogP contribution in [0.2, 0.25) is 10.0 Å². The zero-order valence-corrected chi connectivity index (χ0v) is 25.7. The molecule has 3 aromatic carbocycles. The van der Waals surface area contributed by atoms with Crippen molar-refractivity contribution in [1.82, 2.24) is 10.2 Å². The molecule has 3 aromatic rings. The molecule has 12 heteroatoms. The molecule has 4 rings (SSSR count). The van der Waals surface area contributed by atoms with Gasteiger partial charge in [0.2, 0.25) is 28.6 Å². The summed E-state index contributed by atoms with van der Waals surface area (Å²) in [7, 11) is -3.91. The van der Waals surface area contributed by atoms with Crippen LogP contribution in [0.1, 0.15) is 31.4 Å². The molecule has 0 saturated carbocycles. The van der Waals surface area contributed by atoms with Crippen LogP contribution in [0.4, 0.5) is 5.69 Å². The monoisotopic (exact) mass is 633 g/mol. The fourth-order valence-corrected chi connectivity index (χ4v) is 5.89. The Labute approximate surface area is 256 Å². The number of amides is 2. The highest BCUT2D eigenvalue weighted by molar-refractivity contribution is 7.92. The Morgan fingerprint density at radius 3 is 2.36 bits per heavy atom. The molecule has 0 spiro atoms. The second-order valence-corrected chi connectivity index (χ2v) is 12.7. The normalized spacial score (nSPS) is 13.0. The van der Waals surface area contributed by atoms with Crippen molar-refractivity contribution >= 4 is 50.7 Å². The van der Waals surface area contributed by atoms with Gasteiger partial charge in [0, 0.05) is 25.6 Å². The third kappa shape index (κ3) is 7.67. The number of rotatable bonds is 13. The molecule has 2 amide bonds. The number of hydrogen-bond acceptors (Lipinski definition) is 6. The topological polar surface area (TPSA) is 105 Å². The predicted molar refractivity (Wildman–Crippen MR) is 164 cm³/mol. The van der Waals surface area contributed by atoms with Crippen molar-refractivity contribution in [3.63, 3.8) is 0 Å². The molecular weight excluding hydrogens is 601 g/mol. The van der Waals surface area contributed by atoms with Crippen molar-refractivity contribution in [2.75, 3.05) is 29.9 Å². The van der Waals surface area contributed by atoms with E-state index in [0.717, 1.165) is 9.87 Å². The summed E-state index contributed by atoms with van der Waals surface area (Å²) in [5.41, 5.74) is 1.72. The molecule has 0 aromatic heterocycles. The van der Waals surface area contributed by atoms with E-state index in [4.69, 9.17) is 32.7 Å². The minimum Gasteiger partial charge on any atom is -0.454 e. The highest BCUT2D eigenvalue weighted by Gasteiger charge is 2.34. The summed E-state index contributed by atoms with van der Waals surface area (Å²) in [6.45, 7) is 3.33. The highest BCUT2D eigenvalue weighted by atomic mass is 35.5. The molecule has 1 aliphatic rings. The van der Waals surface area contributed by atoms with Crippen LogP contribution >= 0.6 is 23.2 Å². The van der Waals surface area contributed by atoms with Crippen LogP contribution in [-0.2, 0) is 32.6 Å². The van der Waals surface area contributed by atoms with Gasteiger partial charge in [-0.05, 0) is 48.7 Å². The number of nitrogens with one attached hydrogen (secondary N) is 1. The molecule has 224 valence electrons. The first kappa shape index (κ1) is 31.5. The fraction of sp³-hybridized carbons (Fsp3) is 0.333. The second kappa shape index (κ2) is 14.1. The van der Waals surface area contributed by atoms with E-state index in [0.29, 0.717) is 40.1 Å². The van der Waals surface area contributed by atoms with E-state index in [2.05, 4.69) is 5.32 Å². The van der Waals surface area contributed by atoms with Crippen molar-refractivity contribution in [2.45, 2.75) is 39.3 Å². The van der Waals surface area contributed by atoms with Gasteiger partial charge in [0.25, 0.3) is 0 Å². The van der Waals surface area contributed by atoms with E-state index in [1.165, 1.54) is 17.9 Å². The molecule has 0 aliphatic carbocycles. The Hall–Kier alpha value is -3.47. The standard InChI is InChI=1S/C30H33Cl2N3O6S/c1-3-14-33-30(37)26(16-21-8-6-5-7-9-21)34(18-22-10-12-24(31)25(32)15-22)29(36)19-35(42(38,39)4-2)23-11-13-27-28(17-23)41-20-40-27/h5-13,15,17,26H,3-4,14,16,18-20H2,1-2H3,(H,33,37)/t26-/m1/s1. The minimum absolute atomic E-state index is 0.00603. The van der Waals surface area contributed by atoms with Crippen LogP contribution in [0.25, 0.3) is 0 Å². The van der Waals surface area contributed by atoms with Gasteiger partial charge in [0.15, 0.2) is 11.5 Å². The lowest BCUT2D eigenvalue weighted by Gasteiger charge is -2.34. The average molecular weight is 635 g/mol. The molecule has 1 N–H and O–H groups in total. The largest absolute Gasteiger partial charge is 0.454 e. The first-order valence-electron chi connectivity index (χ1n) is 13.6. The van der Waals surface area contributed by atoms with Crippen LogP contribution in [0, 0.1) is 0 Å². The maximum absolute atomic E-state index is 14.2. The fourth-order valence-electron chi connectivity index (χ4n) is 4.51. The Kier molecular flexibility index (Phi) is 10.6. The number of carbonyl (C=O) groups is 2. The van der Waals surface area contributed by atoms with Gasteiger partial charge in [-0.1, -0.05) is 66.5 Å². The molecular formula is C30H33Cl2N3O6S. The van der Waals surface area contributed by atoms with E-state index in [9.17, 15) is 18.0 Å². The predicted octanol–water partition coefficient (Wildman–Crippen LogP) is 5.04. The number of ether oxygens (including phenoxy) is 2. The van der Waals surface area contributed by atoms with E-state index in [-0.39, 0.29) is 37.1 Å². The quantitative estimate of drug-likeness (QED) is 0.283. The van der Waals surface area contributed by atoms with Gasteiger partial charge < -0.3 is 19.7 Å². The summed E-state index contributed by atoms with van der Waals surface area (Å²) in [6, 6.07) is 18.1. The highest BCUT2D eigenvalue weighted by Crippen LogP contribution is 2.36. The van der Waals surface area contributed by atoms with Gasteiger partial charge in [-0.15, -0.1) is 0 Å². The number of nitrogens with zero attached hydrogens (tertiary/aromatic N) is 2. The van der Waals surface area contributed by atoms with Crippen molar-refractivity contribution in [1.29, 1.82) is 0 Å². The first-order chi connectivity index (χ1) is 20.1. The minimum atomic E-state index is -3.91. The van der Waals surface area contributed by atoms with Gasteiger partial charge >= 0.3 is 0 Å². The Morgan fingerprint density at radius 1 is 0.929 bits per heavy atom. The van der Waals surface area contributed by atoms with Gasteiger partial charge in [-0.25, -0.2) is 8.42 Å². The van der Waals surface area contributed by atoms with Crippen molar-refractivity contribution in [2.24, 2.45) is 0 Å². The molecule has 0 saturated heterocycles. The summed E-state index contributed by atoms with van der Waals surface area (Å²) in [4.78, 5) is 29.2. The molecule has 1 aliphatic heterocycles. The van der Waals surface area contributed by atoms with Crippen LogP contribution < -0.4 is 19.1 Å². The van der Waals surface area contributed by atoms with Crippen molar-refractivity contribution in [3.05, 3.63) is 87.9 Å².